The largest absolute Gasteiger partial charge is 0.613 e. The quantitative estimate of drug-likeness (QED) is 0.235. The number of nitrogens with one attached hydrogen (secondary N) is 1. The third-order valence-electron chi connectivity index (χ3n) is 8.60. The van der Waals surface area contributed by atoms with Gasteiger partial charge in [0.1, 0.15) is 5.84 Å². The van der Waals surface area contributed by atoms with E-state index < -0.39 is 0 Å². The van der Waals surface area contributed by atoms with Gasteiger partial charge in [-0.2, -0.15) is 0 Å². The zero-order valence-electron chi connectivity index (χ0n) is 23.7. The van der Waals surface area contributed by atoms with E-state index in [9.17, 15) is 0 Å². The molecule has 8 rings (SSSR count). The molecule has 4 unspecified atom stereocenters. The molecule has 0 saturated heterocycles. The molecular weight excluding hydrogens is 524 g/mol. The number of fused-ring (bicyclic) bond motifs is 3. The molecule has 1 aliphatic carbocycles. The summed E-state index contributed by atoms with van der Waals surface area (Å²) in [7, 11) is 0. The third-order valence-corrected chi connectivity index (χ3v) is 8.60. The maximum absolute atomic E-state index is 5.17. The lowest BCUT2D eigenvalue weighted by molar-refractivity contribution is 0.631. The molecule has 0 radical (unpaired) electrons. The van der Waals surface area contributed by atoms with Crippen molar-refractivity contribution < 1.29 is 0 Å². The van der Waals surface area contributed by atoms with Crippen LogP contribution in [0.1, 0.15) is 40.5 Å². The summed E-state index contributed by atoms with van der Waals surface area (Å²) < 4.78 is 0. The predicted molar refractivity (Wildman–Crippen MR) is 177 cm³/mol. The maximum Gasteiger partial charge on any atom is 0.126 e. The van der Waals surface area contributed by atoms with Crippen molar-refractivity contribution in [3.63, 3.8) is 0 Å². The van der Waals surface area contributed by atoms with E-state index in [0.717, 1.165) is 22.5 Å². The molecule has 4 heteroatoms. The van der Waals surface area contributed by atoms with Crippen LogP contribution in [0.3, 0.4) is 0 Å². The Morgan fingerprint density at radius 2 is 1.30 bits per heavy atom. The highest BCUT2D eigenvalue weighted by Gasteiger charge is 2.36. The summed E-state index contributed by atoms with van der Waals surface area (Å²) in [6.45, 7) is 0. The number of hydrogen-bond donors (Lipinski definition) is 1. The molecule has 1 N–H and O–H groups in total. The van der Waals surface area contributed by atoms with Crippen molar-refractivity contribution in [2.75, 3.05) is 4.90 Å². The SMILES string of the molecule is C1=CC2c3ccccc3N(c3ccc(C4=NC(c5cccc(-c6ccccc6)c5)[N-]C(c5ccccc5)N4)cc3)C2C=C1. The number of amidine groups is 1. The molecule has 4 atom stereocenters. The van der Waals surface area contributed by atoms with Crippen molar-refractivity contribution in [2.45, 2.75) is 24.3 Å². The Bertz CT molecular complexity index is 1840. The topological polar surface area (TPSA) is 41.7 Å². The number of nitrogens with zero attached hydrogens (tertiary/aromatic N) is 3. The van der Waals surface area contributed by atoms with Crippen LogP contribution in [0.2, 0.25) is 0 Å². The lowest BCUT2D eigenvalue weighted by atomic mass is 9.91. The number of anilines is 2. The van der Waals surface area contributed by atoms with Gasteiger partial charge in [-0.3, -0.25) is 4.99 Å². The van der Waals surface area contributed by atoms with Crippen molar-refractivity contribution >= 4 is 17.2 Å². The smallest absolute Gasteiger partial charge is 0.126 e. The van der Waals surface area contributed by atoms with Gasteiger partial charge in [-0.1, -0.05) is 127 Å². The summed E-state index contributed by atoms with van der Waals surface area (Å²) in [6, 6.07) is 47.3. The Hall–Kier alpha value is -5.19. The van der Waals surface area contributed by atoms with Crippen molar-refractivity contribution in [3.05, 3.63) is 185 Å². The predicted octanol–water partition coefficient (Wildman–Crippen LogP) is 9.20. The summed E-state index contributed by atoms with van der Waals surface area (Å²) >= 11 is 0. The van der Waals surface area contributed by atoms with Crippen LogP contribution in [0.15, 0.2) is 163 Å². The first-order valence-corrected chi connectivity index (χ1v) is 14.9. The molecule has 5 aromatic rings. The molecular formula is C39H31N4-. The van der Waals surface area contributed by atoms with E-state index in [1.165, 1.54) is 28.1 Å². The van der Waals surface area contributed by atoms with Crippen LogP contribution in [-0.4, -0.2) is 11.9 Å². The van der Waals surface area contributed by atoms with E-state index in [1.807, 2.05) is 12.1 Å². The molecule has 0 aromatic heterocycles. The average molecular weight is 556 g/mol. The highest BCUT2D eigenvalue weighted by atomic mass is 15.3. The van der Waals surface area contributed by atoms with Gasteiger partial charge in [-0.25, -0.2) is 0 Å². The van der Waals surface area contributed by atoms with Crippen LogP contribution in [0.4, 0.5) is 11.4 Å². The Morgan fingerprint density at radius 1 is 0.605 bits per heavy atom. The van der Waals surface area contributed by atoms with Crippen molar-refractivity contribution in [3.8, 4) is 11.1 Å². The van der Waals surface area contributed by atoms with Crippen LogP contribution in [0.5, 0.6) is 0 Å². The minimum atomic E-state index is -0.324. The number of benzene rings is 5. The van der Waals surface area contributed by atoms with Gasteiger partial charge in [0.05, 0.1) is 6.04 Å². The van der Waals surface area contributed by atoms with Gasteiger partial charge in [-0.05, 0) is 70.5 Å². The van der Waals surface area contributed by atoms with E-state index in [4.69, 9.17) is 10.3 Å². The minimum Gasteiger partial charge on any atom is -0.613 e. The molecule has 43 heavy (non-hydrogen) atoms. The lowest BCUT2D eigenvalue weighted by Gasteiger charge is -2.44. The molecule has 0 amide bonds. The van der Waals surface area contributed by atoms with Gasteiger partial charge >= 0.3 is 0 Å². The molecule has 5 aromatic carbocycles. The van der Waals surface area contributed by atoms with Crippen LogP contribution >= 0.6 is 0 Å². The van der Waals surface area contributed by atoms with Crippen LogP contribution in [-0.2, 0) is 0 Å². The standard InChI is InChI=1S/C39H31N4/c1-3-12-27(13-4-1)30-16-11-17-31(26-30)39-41-37(28-14-5-2-6-15-28)40-38(42-39)29-22-24-32(25-23-29)43-35-20-9-7-18-33(35)34-19-8-10-21-36(34)43/h1-26,33,35,37,39H,(H,40,42)/q-1. The first kappa shape index (κ1) is 25.5. The second kappa shape index (κ2) is 10.9. The second-order valence-corrected chi connectivity index (χ2v) is 11.2. The number of hydrogen-bond acceptors (Lipinski definition) is 3. The maximum atomic E-state index is 5.17. The summed E-state index contributed by atoms with van der Waals surface area (Å²) in [6.07, 6.45) is 8.43. The fraction of sp³-hybridized carbons (Fsp3) is 0.103. The minimum absolute atomic E-state index is 0.205. The van der Waals surface area contributed by atoms with Crippen molar-refractivity contribution in [1.82, 2.24) is 5.32 Å². The first-order valence-electron chi connectivity index (χ1n) is 14.9. The highest BCUT2D eigenvalue weighted by Crippen LogP contribution is 2.47. The van der Waals surface area contributed by atoms with E-state index in [1.54, 1.807) is 0 Å². The van der Waals surface area contributed by atoms with E-state index >= 15 is 0 Å². The molecule has 0 spiro atoms. The molecule has 0 saturated carbocycles. The Balaban J connectivity index is 1.15. The van der Waals surface area contributed by atoms with Gasteiger partial charge in [0.15, 0.2) is 0 Å². The highest BCUT2D eigenvalue weighted by molar-refractivity contribution is 6.00. The molecule has 0 bridgehead atoms. The van der Waals surface area contributed by atoms with Gasteiger partial charge < -0.3 is 15.5 Å². The third kappa shape index (κ3) is 4.76. The van der Waals surface area contributed by atoms with Crippen molar-refractivity contribution in [2.24, 2.45) is 4.99 Å². The number of rotatable bonds is 5. The van der Waals surface area contributed by atoms with Crippen LogP contribution in [0, 0.1) is 0 Å². The van der Waals surface area contributed by atoms with Gasteiger partial charge in [0.25, 0.3) is 0 Å². The Kier molecular flexibility index (Phi) is 6.47. The second-order valence-electron chi connectivity index (χ2n) is 11.2. The summed E-state index contributed by atoms with van der Waals surface area (Å²) in [4.78, 5) is 7.62. The zero-order chi connectivity index (χ0) is 28.6. The summed E-state index contributed by atoms with van der Waals surface area (Å²) in [5.74, 6) is 1.22. The summed E-state index contributed by atoms with van der Waals surface area (Å²) in [5.41, 5.74) is 9.43. The summed E-state index contributed by atoms with van der Waals surface area (Å²) in [5, 5.41) is 8.79. The van der Waals surface area contributed by atoms with E-state index in [0.29, 0.717) is 5.92 Å². The molecule has 208 valence electrons. The lowest BCUT2D eigenvalue weighted by Crippen LogP contribution is -2.34. The normalized spacial score (nSPS) is 22.0. The first-order chi connectivity index (χ1) is 21.3. The molecule has 4 nitrogen and oxygen atoms in total. The number of para-hydroxylation sites is 1. The number of aliphatic imine (C=N–C) groups is 1. The Morgan fingerprint density at radius 3 is 2.14 bits per heavy atom. The number of allylic oxidation sites excluding steroid dienone is 2. The fourth-order valence-corrected chi connectivity index (χ4v) is 6.50. The zero-order valence-corrected chi connectivity index (χ0v) is 23.7. The van der Waals surface area contributed by atoms with E-state index in [2.05, 4.69) is 156 Å². The van der Waals surface area contributed by atoms with Gasteiger partial charge in [0.2, 0.25) is 0 Å². The Labute approximate surface area is 252 Å². The average Bonchev–Trinajstić information content (AvgIpc) is 3.43. The molecule has 2 heterocycles. The van der Waals surface area contributed by atoms with Gasteiger partial charge in [0, 0.05) is 22.9 Å². The van der Waals surface area contributed by atoms with Crippen molar-refractivity contribution in [1.29, 1.82) is 0 Å². The van der Waals surface area contributed by atoms with Gasteiger partial charge in [-0.15, -0.1) is 0 Å². The fourth-order valence-electron chi connectivity index (χ4n) is 6.50. The molecule has 2 aliphatic heterocycles. The monoisotopic (exact) mass is 555 g/mol. The van der Waals surface area contributed by atoms with Crippen LogP contribution in [0.25, 0.3) is 16.4 Å². The molecule has 3 aliphatic rings. The van der Waals surface area contributed by atoms with Crippen LogP contribution < -0.4 is 10.2 Å². The van der Waals surface area contributed by atoms with E-state index in [-0.39, 0.29) is 18.4 Å². The molecule has 0 fully saturated rings.